The maximum atomic E-state index is 13.0. The van der Waals surface area contributed by atoms with Crippen molar-refractivity contribution >= 4 is 0 Å². The predicted octanol–water partition coefficient (Wildman–Crippen LogP) is 1.58. The third-order valence-electron chi connectivity index (χ3n) is 2.70. The average Bonchev–Trinajstić information content (AvgIpc) is 2.18. The van der Waals surface area contributed by atoms with Crippen LogP contribution in [0.15, 0.2) is 24.3 Å². The summed E-state index contributed by atoms with van der Waals surface area (Å²) >= 11 is 0. The summed E-state index contributed by atoms with van der Waals surface area (Å²) in [6.07, 6.45) is 1.90. The van der Waals surface area contributed by atoms with E-state index in [4.69, 9.17) is 5.73 Å². The number of hydrogen-bond donors (Lipinski definition) is 2. The molecule has 2 atom stereocenters. The largest absolute Gasteiger partial charge is 0.328 e. The van der Waals surface area contributed by atoms with Crippen molar-refractivity contribution in [1.82, 2.24) is 5.32 Å². The molecule has 1 fully saturated rings. The van der Waals surface area contributed by atoms with Gasteiger partial charge in [0.25, 0.3) is 0 Å². The molecule has 0 aromatic heterocycles. The van der Waals surface area contributed by atoms with Crippen LogP contribution in [0, 0.1) is 5.82 Å². The molecule has 0 saturated carbocycles. The number of halogens is 1. The second kappa shape index (κ2) is 4.07. The molecule has 76 valence electrons. The Hall–Kier alpha value is -0.930. The van der Waals surface area contributed by atoms with E-state index >= 15 is 0 Å². The van der Waals surface area contributed by atoms with Gasteiger partial charge in [0.05, 0.1) is 0 Å². The molecule has 3 heteroatoms. The van der Waals surface area contributed by atoms with Crippen molar-refractivity contribution in [1.29, 1.82) is 0 Å². The highest BCUT2D eigenvalue weighted by Crippen LogP contribution is 2.22. The van der Waals surface area contributed by atoms with Crippen LogP contribution in [-0.2, 0) is 0 Å². The predicted molar refractivity (Wildman–Crippen MR) is 54.4 cm³/mol. The van der Waals surface area contributed by atoms with Crippen molar-refractivity contribution in [3.8, 4) is 0 Å². The second-order valence-electron chi connectivity index (χ2n) is 3.85. The smallest absolute Gasteiger partial charge is 0.123 e. The minimum absolute atomic E-state index is 0.177. The lowest BCUT2D eigenvalue weighted by atomic mass is 9.94. The fourth-order valence-corrected chi connectivity index (χ4v) is 1.92. The van der Waals surface area contributed by atoms with E-state index in [1.54, 1.807) is 12.1 Å². The first kappa shape index (κ1) is 9.62. The molecule has 0 spiro atoms. The maximum absolute atomic E-state index is 13.0. The number of nitrogens with one attached hydrogen (secondary N) is 1. The zero-order valence-corrected chi connectivity index (χ0v) is 8.04. The van der Waals surface area contributed by atoms with Crippen molar-refractivity contribution in [3.05, 3.63) is 35.6 Å². The molecule has 2 unspecified atom stereocenters. The van der Waals surface area contributed by atoms with Gasteiger partial charge in [0.15, 0.2) is 0 Å². The van der Waals surface area contributed by atoms with E-state index in [0.717, 1.165) is 24.9 Å². The van der Waals surface area contributed by atoms with Crippen molar-refractivity contribution in [2.75, 3.05) is 6.54 Å². The Morgan fingerprint density at radius 2 is 2.29 bits per heavy atom. The van der Waals surface area contributed by atoms with E-state index in [-0.39, 0.29) is 17.9 Å². The van der Waals surface area contributed by atoms with Crippen molar-refractivity contribution in [2.24, 2.45) is 5.73 Å². The first-order valence-electron chi connectivity index (χ1n) is 5.00. The lowest BCUT2D eigenvalue weighted by Gasteiger charge is -2.28. The number of benzene rings is 1. The summed E-state index contributed by atoms with van der Waals surface area (Å²) < 4.78 is 13.0. The molecule has 14 heavy (non-hydrogen) atoms. The van der Waals surface area contributed by atoms with E-state index in [2.05, 4.69) is 5.32 Å². The molecule has 2 nitrogen and oxygen atoms in total. The summed E-state index contributed by atoms with van der Waals surface area (Å²) in [6.45, 7) is 0.919. The van der Waals surface area contributed by atoms with Gasteiger partial charge in [-0.2, -0.15) is 0 Å². The number of piperidine rings is 1. The molecule has 2 rings (SSSR count). The van der Waals surface area contributed by atoms with Gasteiger partial charge in [0.1, 0.15) is 5.82 Å². The normalized spacial score (nSPS) is 27.6. The van der Waals surface area contributed by atoms with Crippen LogP contribution in [0.3, 0.4) is 0 Å². The lowest BCUT2D eigenvalue weighted by molar-refractivity contribution is 0.368. The Balaban J connectivity index is 2.14. The van der Waals surface area contributed by atoms with Gasteiger partial charge >= 0.3 is 0 Å². The summed E-state index contributed by atoms with van der Waals surface area (Å²) in [5.74, 6) is -0.177. The van der Waals surface area contributed by atoms with Crippen molar-refractivity contribution < 1.29 is 4.39 Å². The molecule has 0 aliphatic carbocycles. The van der Waals surface area contributed by atoms with Crippen molar-refractivity contribution in [3.63, 3.8) is 0 Å². The Morgan fingerprint density at radius 3 is 3.00 bits per heavy atom. The lowest BCUT2D eigenvalue weighted by Crippen LogP contribution is -2.38. The number of nitrogens with two attached hydrogens (primary N) is 1. The number of hydrogen-bond acceptors (Lipinski definition) is 2. The fourth-order valence-electron chi connectivity index (χ4n) is 1.92. The summed E-state index contributed by atoms with van der Waals surface area (Å²) in [4.78, 5) is 0. The topological polar surface area (TPSA) is 38.0 Å². The van der Waals surface area contributed by atoms with Gasteiger partial charge in [-0.05, 0) is 37.1 Å². The van der Waals surface area contributed by atoms with Gasteiger partial charge in [-0.3, -0.25) is 0 Å². The maximum Gasteiger partial charge on any atom is 0.123 e. The monoisotopic (exact) mass is 194 g/mol. The molecule has 1 aliphatic rings. The van der Waals surface area contributed by atoms with Crippen LogP contribution in [0.4, 0.5) is 4.39 Å². The first-order chi connectivity index (χ1) is 6.75. The molecule has 1 aromatic rings. The molecular formula is C11H15FN2. The Kier molecular flexibility index (Phi) is 2.79. The molecule has 3 N–H and O–H groups in total. The Morgan fingerprint density at radius 1 is 1.43 bits per heavy atom. The van der Waals surface area contributed by atoms with Gasteiger partial charge in [0.2, 0.25) is 0 Å². The summed E-state index contributed by atoms with van der Waals surface area (Å²) in [5.41, 5.74) is 6.87. The Bertz CT molecular complexity index is 314. The van der Waals surface area contributed by atoms with Gasteiger partial charge in [-0.1, -0.05) is 12.1 Å². The zero-order chi connectivity index (χ0) is 9.97. The van der Waals surface area contributed by atoms with Crippen LogP contribution in [0.1, 0.15) is 24.4 Å². The molecular weight excluding hydrogens is 179 g/mol. The first-order valence-corrected chi connectivity index (χ1v) is 5.00. The molecule has 1 aliphatic heterocycles. The van der Waals surface area contributed by atoms with Crippen LogP contribution >= 0.6 is 0 Å². The molecule has 1 saturated heterocycles. The minimum atomic E-state index is -0.177. The fraction of sp³-hybridized carbons (Fsp3) is 0.455. The zero-order valence-electron chi connectivity index (χ0n) is 8.04. The van der Waals surface area contributed by atoms with E-state index < -0.39 is 0 Å². The standard InChI is InChI=1S/C11H15FN2/c12-9-3-1-2-8(6-9)11-7-10(13)4-5-14-11/h1-3,6,10-11,14H,4-5,7,13H2. The SMILES string of the molecule is NC1CCNC(c2cccc(F)c2)C1. The minimum Gasteiger partial charge on any atom is -0.328 e. The highest BCUT2D eigenvalue weighted by molar-refractivity contribution is 5.20. The molecule has 0 radical (unpaired) electrons. The third-order valence-corrected chi connectivity index (χ3v) is 2.70. The van der Waals surface area contributed by atoms with Crippen LogP contribution in [-0.4, -0.2) is 12.6 Å². The average molecular weight is 194 g/mol. The van der Waals surface area contributed by atoms with Crippen molar-refractivity contribution in [2.45, 2.75) is 24.9 Å². The highest BCUT2D eigenvalue weighted by atomic mass is 19.1. The summed E-state index contributed by atoms with van der Waals surface area (Å²) in [7, 11) is 0. The van der Waals surface area contributed by atoms with E-state index in [1.165, 1.54) is 6.07 Å². The summed E-state index contributed by atoms with van der Waals surface area (Å²) in [6, 6.07) is 7.19. The van der Waals surface area contributed by atoms with E-state index in [0.29, 0.717) is 0 Å². The number of rotatable bonds is 1. The quantitative estimate of drug-likeness (QED) is 0.712. The van der Waals surface area contributed by atoms with Gasteiger partial charge in [0, 0.05) is 12.1 Å². The van der Waals surface area contributed by atoms with Crippen LogP contribution in [0.5, 0.6) is 0 Å². The molecule has 0 bridgehead atoms. The van der Waals surface area contributed by atoms with Crippen LogP contribution in [0.25, 0.3) is 0 Å². The summed E-state index contributed by atoms with van der Waals surface area (Å²) in [5, 5.41) is 3.35. The van der Waals surface area contributed by atoms with E-state index in [1.807, 2.05) is 6.07 Å². The second-order valence-corrected chi connectivity index (χ2v) is 3.85. The molecule has 0 amide bonds. The third kappa shape index (κ3) is 2.11. The van der Waals surface area contributed by atoms with E-state index in [9.17, 15) is 4.39 Å². The molecule has 1 heterocycles. The van der Waals surface area contributed by atoms with Gasteiger partial charge in [-0.25, -0.2) is 4.39 Å². The van der Waals surface area contributed by atoms with Crippen LogP contribution in [0.2, 0.25) is 0 Å². The molecule has 1 aromatic carbocycles. The van der Waals surface area contributed by atoms with Gasteiger partial charge in [-0.15, -0.1) is 0 Å². The van der Waals surface area contributed by atoms with Gasteiger partial charge < -0.3 is 11.1 Å². The van der Waals surface area contributed by atoms with Crippen LogP contribution < -0.4 is 11.1 Å². The Labute approximate surface area is 83.3 Å². The highest BCUT2D eigenvalue weighted by Gasteiger charge is 2.19.